The van der Waals surface area contributed by atoms with Gasteiger partial charge in [-0.25, -0.2) is 9.18 Å². The Bertz CT molecular complexity index is 747. The molecule has 2 aromatic rings. The second kappa shape index (κ2) is 8.45. The van der Waals surface area contributed by atoms with Crippen molar-refractivity contribution >= 4 is 52.4 Å². The number of benzene rings is 2. The Hall–Kier alpha value is -1.20. The molecule has 0 unspecified atom stereocenters. The first-order chi connectivity index (χ1) is 11.7. The highest BCUT2D eigenvalue weighted by Crippen LogP contribution is 2.40. The van der Waals surface area contributed by atoms with Crippen molar-refractivity contribution in [2.45, 2.75) is 23.3 Å². The van der Waals surface area contributed by atoms with E-state index >= 15 is 0 Å². The number of halogens is 5. The van der Waals surface area contributed by atoms with E-state index in [0.29, 0.717) is 16.1 Å². The van der Waals surface area contributed by atoms with Crippen LogP contribution in [-0.2, 0) is 6.54 Å². The van der Waals surface area contributed by atoms with E-state index < -0.39 is 21.7 Å². The summed E-state index contributed by atoms with van der Waals surface area (Å²) in [5.74, 6) is -0.444. The summed E-state index contributed by atoms with van der Waals surface area (Å²) in [7, 11) is 0. The summed E-state index contributed by atoms with van der Waals surface area (Å²) in [6.45, 7) is 1.88. The molecule has 0 radical (unpaired) electrons. The van der Waals surface area contributed by atoms with Crippen LogP contribution in [-0.4, -0.2) is 9.82 Å². The summed E-state index contributed by atoms with van der Waals surface area (Å²) in [5.41, 5.74) is 1.66. The van der Waals surface area contributed by atoms with Crippen LogP contribution >= 0.6 is 46.4 Å². The Balaban J connectivity index is 2.07. The minimum Gasteiger partial charge on any atom is -0.334 e. The van der Waals surface area contributed by atoms with Crippen molar-refractivity contribution < 1.29 is 9.18 Å². The molecule has 25 heavy (non-hydrogen) atoms. The SMILES string of the molecule is Cc1ccc([C@H](NC(=O)NCc2ccc(Cl)cc2)C(Cl)(Cl)Cl)cc1F. The van der Waals surface area contributed by atoms with Crippen molar-refractivity contribution in [3.8, 4) is 0 Å². The zero-order valence-corrected chi connectivity index (χ0v) is 16.1. The van der Waals surface area contributed by atoms with Crippen molar-refractivity contribution in [2.24, 2.45) is 0 Å². The van der Waals surface area contributed by atoms with Crippen LogP contribution in [0.4, 0.5) is 9.18 Å². The van der Waals surface area contributed by atoms with E-state index in [1.165, 1.54) is 6.07 Å². The smallest absolute Gasteiger partial charge is 0.315 e. The first kappa shape index (κ1) is 20.1. The Labute approximate surface area is 165 Å². The van der Waals surface area contributed by atoms with Gasteiger partial charge in [0.25, 0.3) is 0 Å². The van der Waals surface area contributed by atoms with Crippen LogP contribution < -0.4 is 10.6 Å². The normalized spacial score (nSPS) is 12.6. The molecule has 2 N–H and O–H groups in total. The largest absolute Gasteiger partial charge is 0.334 e. The topological polar surface area (TPSA) is 41.1 Å². The van der Waals surface area contributed by atoms with Crippen LogP contribution in [0.25, 0.3) is 0 Å². The summed E-state index contributed by atoms with van der Waals surface area (Å²) in [5, 5.41) is 5.82. The Kier molecular flexibility index (Phi) is 6.80. The van der Waals surface area contributed by atoms with Gasteiger partial charge in [-0.05, 0) is 41.8 Å². The summed E-state index contributed by atoms with van der Waals surface area (Å²) in [6.07, 6.45) is 0. The fourth-order valence-electron chi connectivity index (χ4n) is 2.11. The molecule has 2 amide bonds. The summed E-state index contributed by atoms with van der Waals surface area (Å²) >= 11 is 23.7. The van der Waals surface area contributed by atoms with E-state index in [1.807, 2.05) is 0 Å². The van der Waals surface area contributed by atoms with Gasteiger partial charge in [0.15, 0.2) is 0 Å². The number of aryl methyl sites for hydroxylation is 1. The van der Waals surface area contributed by atoms with Gasteiger partial charge in [0.1, 0.15) is 11.9 Å². The van der Waals surface area contributed by atoms with Gasteiger partial charge in [0.05, 0.1) is 0 Å². The molecule has 0 saturated carbocycles. The van der Waals surface area contributed by atoms with Crippen molar-refractivity contribution in [3.63, 3.8) is 0 Å². The fraction of sp³-hybridized carbons (Fsp3) is 0.235. The Morgan fingerprint density at radius 2 is 1.80 bits per heavy atom. The summed E-state index contributed by atoms with van der Waals surface area (Å²) < 4.78 is 12.0. The van der Waals surface area contributed by atoms with E-state index in [4.69, 9.17) is 46.4 Å². The second-order valence-electron chi connectivity index (χ2n) is 5.44. The monoisotopic (exact) mass is 422 g/mol. The molecule has 2 aromatic carbocycles. The van der Waals surface area contributed by atoms with Gasteiger partial charge in [-0.15, -0.1) is 0 Å². The number of nitrogens with one attached hydrogen (secondary N) is 2. The van der Waals surface area contributed by atoms with Gasteiger partial charge >= 0.3 is 6.03 Å². The van der Waals surface area contributed by atoms with Gasteiger partial charge in [-0.1, -0.05) is 70.7 Å². The Morgan fingerprint density at radius 1 is 1.16 bits per heavy atom. The van der Waals surface area contributed by atoms with Crippen molar-refractivity contribution in [1.82, 2.24) is 10.6 Å². The molecule has 0 spiro atoms. The number of urea groups is 1. The van der Waals surface area contributed by atoms with Crippen LogP contribution in [0.1, 0.15) is 22.7 Å². The number of alkyl halides is 3. The molecule has 0 fully saturated rings. The van der Waals surface area contributed by atoms with E-state index in [-0.39, 0.29) is 6.54 Å². The molecule has 0 aromatic heterocycles. The molecular formula is C17H15Cl4FN2O. The number of carbonyl (C=O) groups is 1. The second-order valence-corrected chi connectivity index (χ2v) is 8.24. The predicted molar refractivity (Wildman–Crippen MR) is 101 cm³/mol. The minimum atomic E-state index is -1.85. The lowest BCUT2D eigenvalue weighted by Gasteiger charge is -2.26. The molecule has 1 atom stereocenters. The summed E-state index contributed by atoms with van der Waals surface area (Å²) in [4.78, 5) is 12.1. The third kappa shape index (κ3) is 5.93. The van der Waals surface area contributed by atoms with Crippen LogP contribution in [0.2, 0.25) is 5.02 Å². The van der Waals surface area contributed by atoms with Crippen LogP contribution in [0.15, 0.2) is 42.5 Å². The number of hydrogen-bond donors (Lipinski definition) is 2. The average Bonchev–Trinajstić information content (AvgIpc) is 2.54. The maximum Gasteiger partial charge on any atom is 0.315 e. The van der Waals surface area contributed by atoms with Crippen LogP contribution in [0.5, 0.6) is 0 Å². The maximum atomic E-state index is 13.8. The highest BCUT2D eigenvalue weighted by atomic mass is 35.6. The third-order valence-electron chi connectivity index (χ3n) is 3.50. The molecule has 2 rings (SSSR count). The molecule has 134 valence electrons. The first-order valence-electron chi connectivity index (χ1n) is 7.28. The first-order valence-corrected chi connectivity index (χ1v) is 8.79. The number of hydrogen-bond acceptors (Lipinski definition) is 1. The predicted octanol–water partition coefficient (Wildman–Crippen LogP) is 5.70. The van der Waals surface area contributed by atoms with Crippen molar-refractivity contribution in [1.29, 1.82) is 0 Å². The lowest BCUT2D eigenvalue weighted by Crippen LogP contribution is -2.42. The highest BCUT2D eigenvalue weighted by Gasteiger charge is 2.35. The average molecular weight is 424 g/mol. The van der Waals surface area contributed by atoms with Gasteiger partial charge in [0, 0.05) is 11.6 Å². The zero-order chi connectivity index (χ0) is 18.6. The lowest BCUT2D eigenvalue weighted by molar-refractivity contribution is 0.236. The quantitative estimate of drug-likeness (QED) is 0.608. The van der Waals surface area contributed by atoms with Gasteiger partial charge in [-0.3, -0.25) is 0 Å². The number of rotatable bonds is 4. The molecule has 0 aliphatic carbocycles. The van der Waals surface area contributed by atoms with Crippen LogP contribution in [0, 0.1) is 12.7 Å². The Morgan fingerprint density at radius 3 is 2.36 bits per heavy atom. The lowest BCUT2D eigenvalue weighted by atomic mass is 10.1. The molecule has 0 aliphatic rings. The molecule has 0 saturated heterocycles. The maximum absolute atomic E-state index is 13.8. The standard InChI is InChI=1S/C17H15Cl4FN2O/c1-10-2-5-12(8-14(10)22)15(17(19,20)21)24-16(25)23-9-11-3-6-13(18)7-4-11/h2-8,15H,9H2,1H3,(H2,23,24,25)/t15-/m0/s1. The minimum absolute atomic E-state index is 0.262. The molecule has 8 heteroatoms. The van der Waals surface area contributed by atoms with Gasteiger partial charge < -0.3 is 10.6 Å². The van der Waals surface area contributed by atoms with Gasteiger partial charge in [-0.2, -0.15) is 0 Å². The van der Waals surface area contributed by atoms with E-state index in [0.717, 1.165) is 5.56 Å². The van der Waals surface area contributed by atoms with E-state index in [9.17, 15) is 9.18 Å². The molecule has 0 bridgehead atoms. The fourth-order valence-corrected chi connectivity index (χ4v) is 2.78. The van der Waals surface area contributed by atoms with Crippen molar-refractivity contribution in [2.75, 3.05) is 0 Å². The zero-order valence-electron chi connectivity index (χ0n) is 13.1. The van der Waals surface area contributed by atoms with E-state index in [2.05, 4.69) is 10.6 Å². The van der Waals surface area contributed by atoms with Crippen LogP contribution in [0.3, 0.4) is 0 Å². The van der Waals surface area contributed by atoms with Crippen molar-refractivity contribution in [3.05, 3.63) is 70.0 Å². The number of amides is 2. The summed E-state index contributed by atoms with van der Waals surface area (Å²) in [6, 6.07) is 9.83. The molecule has 3 nitrogen and oxygen atoms in total. The molecular weight excluding hydrogens is 409 g/mol. The molecule has 0 aliphatic heterocycles. The highest BCUT2D eigenvalue weighted by molar-refractivity contribution is 6.68. The number of carbonyl (C=O) groups excluding carboxylic acids is 1. The third-order valence-corrected chi connectivity index (χ3v) is 4.40. The molecule has 0 heterocycles. The van der Waals surface area contributed by atoms with Gasteiger partial charge in [0.2, 0.25) is 3.79 Å². The van der Waals surface area contributed by atoms with E-state index in [1.54, 1.807) is 43.3 Å².